The first-order valence-electron chi connectivity index (χ1n) is 9.76. The highest BCUT2D eigenvalue weighted by Crippen LogP contribution is 2.30. The Balaban J connectivity index is 1.42. The highest BCUT2D eigenvalue weighted by atomic mass is 16.4. The van der Waals surface area contributed by atoms with Crippen molar-refractivity contribution >= 4 is 29.1 Å². The maximum atomic E-state index is 12.4. The molecule has 160 valence electrons. The van der Waals surface area contributed by atoms with Crippen LogP contribution in [0.5, 0.6) is 0 Å². The monoisotopic (exact) mass is 423 g/mol. The average Bonchev–Trinajstić information content (AvgIpc) is 3.54. The third-order valence-electron chi connectivity index (χ3n) is 5.13. The number of amides is 3. The van der Waals surface area contributed by atoms with Crippen LogP contribution in [0.25, 0.3) is 0 Å². The molecule has 0 bridgehead atoms. The molecule has 1 aliphatic heterocycles. The number of nitrogens with one attached hydrogen (secondary N) is 2. The predicted molar refractivity (Wildman–Crippen MR) is 110 cm³/mol. The molecule has 0 unspecified atom stereocenters. The number of carbonyl (C=O) groups excluding carboxylic acids is 3. The van der Waals surface area contributed by atoms with Crippen molar-refractivity contribution in [2.45, 2.75) is 18.4 Å². The van der Waals surface area contributed by atoms with Gasteiger partial charge < -0.3 is 29.5 Å². The molecule has 3 heterocycles. The molecule has 1 saturated heterocycles. The number of aliphatic hydroxyl groups is 1. The van der Waals surface area contributed by atoms with Gasteiger partial charge in [-0.05, 0) is 42.8 Å². The van der Waals surface area contributed by atoms with E-state index in [0.29, 0.717) is 29.9 Å². The Kier molecular flexibility index (Phi) is 5.59. The van der Waals surface area contributed by atoms with E-state index in [0.717, 1.165) is 6.42 Å². The third-order valence-corrected chi connectivity index (χ3v) is 5.13. The third kappa shape index (κ3) is 4.22. The molecule has 31 heavy (non-hydrogen) atoms. The lowest BCUT2D eigenvalue weighted by Gasteiger charge is -2.25. The van der Waals surface area contributed by atoms with E-state index in [1.807, 2.05) is 0 Å². The molecule has 0 aliphatic carbocycles. The summed E-state index contributed by atoms with van der Waals surface area (Å²) in [7, 11) is 0. The lowest BCUT2D eigenvalue weighted by Crippen LogP contribution is -2.45. The van der Waals surface area contributed by atoms with Gasteiger partial charge in [0, 0.05) is 29.9 Å². The number of hydrogen-bond donors (Lipinski definition) is 3. The fraction of sp³-hybridized carbons (Fsp3) is 0.227. The summed E-state index contributed by atoms with van der Waals surface area (Å²) in [5, 5.41) is 16.0. The van der Waals surface area contributed by atoms with E-state index in [2.05, 4.69) is 10.6 Å². The van der Waals surface area contributed by atoms with Crippen LogP contribution in [0.3, 0.4) is 0 Å². The van der Waals surface area contributed by atoms with Gasteiger partial charge in [0.05, 0.1) is 25.3 Å². The van der Waals surface area contributed by atoms with Crippen LogP contribution in [0.1, 0.15) is 24.2 Å². The van der Waals surface area contributed by atoms with E-state index >= 15 is 0 Å². The highest BCUT2D eigenvalue weighted by Gasteiger charge is 2.36. The minimum absolute atomic E-state index is 0.0256. The zero-order valence-corrected chi connectivity index (χ0v) is 16.5. The summed E-state index contributed by atoms with van der Waals surface area (Å²) in [6.07, 6.45) is 5.39. The minimum atomic E-state index is -1.71. The Labute approximate surface area is 177 Å². The van der Waals surface area contributed by atoms with Crippen molar-refractivity contribution in [1.82, 2.24) is 5.32 Å². The standard InChI is InChI=1S/C22H21N3O6/c26-19-7-2-9-25(19)17-5-1-4-16(12-17)24-21(28)20(27)23-14-22(29,15-8-11-30-13-15)18-6-3-10-31-18/h1,3-6,8,10-13,29H,2,7,9,14H2,(H,23,27)(H,24,28)/t22-/m1/s1. The van der Waals surface area contributed by atoms with Crippen LogP contribution in [0.2, 0.25) is 0 Å². The number of benzene rings is 1. The minimum Gasteiger partial charge on any atom is -0.472 e. The first-order chi connectivity index (χ1) is 15.0. The molecule has 0 radical (unpaired) electrons. The van der Waals surface area contributed by atoms with Gasteiger partial charge in [0.2, 0.25) is 5.91 Å². The van der Waals surface area contributed by atoms with Gasteiger partial charge in [0.15, 0.2) is 5.60 Å². The smallest absolute Gasteiger partial charge is 0.313 e. The van der Waals surface area contributed by atoms with Crippen molar-refractivity contribution in [2.75, 3.05) is 23.3 Å². The molecule has 3 N–H and O–H groups in total. The number of hydrogen-bond acceptors (Lipinski definition) is 6. The second-order valence-electron chi connectivity index (χ2n) is 7.19. The van der Waals surface area contributed by atoms with Gasteiger partial charge >= 0.3 is 11.8 Å². The van der Waals surface area contributed by atoms with Gasteiger partial charge in [-0.15, -0.1) is 0 Å². The Hall–Kier alpha value is -3.85. The number of carbonyl (C=O) groups is 3. The lowest BCUT2D eigenvalue weighted by molar-refractivity contribution is -0.136. The van der Waals surface area contributed by atoms with Crippen LogP contribution < -0.4 is 15.5 Å². The average molecular weight is 423 g/mol. The summed E-state index contributed by atoms with van der Waals surface area (Å²) in [6.45, 7) is 0.310. The summed E-state index contributed by atoms with van der Waals surface area (Å²) in [4.78, 5) is 38.3. The van der Waals surface area contributed by atoms with Gasteiger partial charge in [0.1, 0.15) is 5.76 Å². The summed E-state index contributed by atoms with van der Waals surface area (Å²) in [5.74, 6) is -1.62. The molecule has 2 aromatic heterocycles. The number of anilines is 2. The summed E-state index contributed by atoms with van der Waals surface area (Å²) in [6, 6.07) is 11.4. The molecular weight excluding hydrogens is 402 g/mol. The number of furan rings is 2. The molecule has 1 atom stereocenters. The molecule has 9 heteroatoms. The van der Waals surface area contributed by atoms with Crippen LogP contribution in [0, 0.1) is 0 Å². The van der Waals surface area contributed by atoms with Crippen LogP contribution in [0.15, 0.2) is 70.1 Å². The van der Waals surface area contributed by atoms with E-state index in [9.17, 15) is 19.5 Å². The SMILES string of the molecule is O=C(NC[C@@](O)(c1ccoc1)c1ccco1)C(=O)Nc1cccc(N2CCCC2=O)c1. The fourth-order valence-electron chi connectivity index (χ4n) is 3.49. The Morgan fingerprint density at radius 1 is 1.13 bits per heavy atom. The molecule has 0 spiro atoms. The topological polar surface area (TPSA) is 125 Å². The molecule has 3 aromatic rings. The maximum Gasteiger partial charge on any atom is 0.313 e. The normalized spacial score (nSPS) is 15.5. The van der Waals surface area contributed by atoms with Crippen LogP contribution in [0.4, 0.5) is 11.4 Å². The van der Waals surface area contributed by atoms with E-state index in [4.69, 9.17) is 8.83 Å². The van der Waals surface area contributed by atoms with Crippen LogP contribution in [-0.4, -0.2) is 35.9 Å². The Morgan fingerprint density at radius 2 is 2.00 bits per heavy atom. The zero-order chi connectivity index (χ0) is 21.8. The molecule has 4 rings (SSSR count). The second-order valence-corrected chi connectivity index (χ2v) is 7.19. The van der Waals surface area contributed by atoms with Crippen molar-refractivity contribution in [3.05, 3.63) is 72.6 Å². The summed E-state index contributed by atoms with van der Waals surface area (Å²) in [5.41, 5.74) is -0.296. The molecule has 0 saturated carbocycles. The van der Waals surface area contributed by atoms with Crippen molar-refractivity contribution in [1.29, 1.82) is 0 Å². The first-order valence-corrected chi connectivity index (χ1v) is 9.76. The van der Waals surface area contributed by atoms with E-state index in [1.165, 1.54) is 18.8 Å². The largest absolute Gasteiger partial charge is 0.472 e. The second kappa shape index (κ2) is 8.49. The lowest BCUT2D eigenvalue weighted by atomic mass is 9.93. The van der Waals surface area contributed by atoms with Gasteiger partial charge in [-0.3, -0.25) is 14.4 Å². The molecule has 1 aliphatic rings. The zero-order valence-electron chi connectivity index (χ0n) is 16.5. The Bertz CT molecular complexity index is 1040. The van der Waals surface area contributed by atoms with Gasteiger partial charge in [0.25, 0.3) is 0 Å². The van der Waals surface area contributed by atoms with E-state index in [1.54, 1.807) is 47.4 Å². The molecule has 3 amide bonds. The molecule has 9 nitrogen and oxygen atoms in total. The van der Waals surface area contributed by atoms with Crippen molar-refractivity contribution in [3.63, 3.8) is 0 Å². The predicted octanol–water partition coefficient (Wildman–Crippen LogP) is 1.99. The number of nitrogens with zero attached hydrogens (tertiary/aromatic N) is 1. The molecular formula is C22H21N3O6. The van der Waals surface area contributed by atoms with Crippen LogP contribution >= 0.6 is 0 Å². The quantitative estimate of drug-likeness (QED) is 0.521. The van der Waals surface area contributed by atoms with Crippen molar-refractivity contribution in [2.24, 2.45) is 0 Å². The van der Waals surface area contributed by atoms with E-state index < -0.39 is 17.4 Å². The van der Waals surface area contributed by atoms with Gasteiger partial charge in [-0.1, -0.05) is 6.07 Å². The van der Waals surface area contributed by atoms with Crippen molar-refractivity contribution < 1.29 is 28.3 Å². The maximum absolute atomic E-state index is 12.4. The molecule has 1 fully saturated rings. The number of rotatable bonds is 6. The summed E-state index contributed by atoms with van der Waals surface area (Å²) >= 11 is 0. The first kappa shape index (κ1) is 20.4. The van der Waals surface area contributed by atoms with Crippen molar-refractivity contribution in [3.8, 4) is 0 Å². The fourth-order valence-corrected chi connectivity index (χ4v) is 3.49. The molecule has 1 aromatic carbocycles. The Morgan fingerprint density at radius 3 is 2.68 bits per heavy atom. The van der Waals surface area contributed by atoms with E-state index in [-0.39, 0.29) is 18.2 Å². The van der Waals surface area contributed by atoms with Crippen LogP contribution in [-0.2, 0) is 20.0 Å². The van der Waals surface area contributed by atoms with Gasteiger partial charge in [-0.25, -0.2) is 0 Å². The summed E-state index contributed by atoms with van der Waals surface area (Å²) < 4.78 is 10.3. The highest BCUT2D eigenvalue weighted by molar-refractivity contribution is 6.39. The van der Waals surface area contributed by atoms with Gasteiger partial charge in [-0.2, -0.15) is 0 Å².